The number of fused-ring (bicyclic) bond motifs is 9. The van der Waals surface area contributed by atoms with Gasteiger partial charge in [0.05, 0.1) is 17.1 Å². The lowest BCUT2D eigenvalue weighted by molar-refractivity contribution is 0.0980. The molecule has 3 aliphatic carbocycles. The lowest BCUT2D eigenvalue weighted by Crippen LogP contribution is -2.53. The van der Waals surface area contributed by atoms with Gasteiger partial charge in [-0.2, -0.15) is 0 Å². The largest absolute Gasteiger partial charge is 0.461 e. The fraction of sp³-hybridized carbons (Fsp3) is 0.128. The molecule has 0 N–H and O–H groups in total. The van der Waals surface area contributed by atoms with Gasteiger partial charge in [-0.15, -0.1) is 0 Å². The van der Waals surface area contributed by atoms with E-state index in [-0.39, 0.29) is 22.7 Å². The molecule has 0 saturated heterocycles. The van der Waals surface area contributed by atoms with E-state index >= 15 is 0 Å². The van der Waals surface area contributed by atoms with Gasteiger partial charge in [-0.3, -0.25) is 4.98 Å². The molecule has 4 nitrogen and oxygen atoms in total. The standard InChI is InChI=1S/C47H35N3O/c1-46-27-11-9-20-44(46)51-43-26-25-34(29-39(43)47(46)37-17-7-5-15-35(37)36-16-6-8-18-38(36)47)42-30-41(49-45(50-42)33-13-3-2-4-14-33)32-23-21-31(22-24-32)40-19-10-12-28-48-40/h2-26,28-30,35,37H,27H2,1H3. The molecule has 51 heavy (non-hydrogen) atoms. The van der Waals surface area contributed by atoms with Gasteiger partial charge in [0.2, 0.25) is 0 Å². The van der Waals surface area contributed by atoms with Crippen LogP contribution in [0.4, 0.5) is 0 Å². The number of nitrogens with zero attached hydrogens (tertiary/aromatic N) is 3. The zero-order chi connectivity index (χ0) is 34.0. The summed E-state index contributed by atoms with van der Waals surface area (Å²) in [5, 5.41) is 0. The van der Waals surface area contributed by atoms with Gasteiger partial charge in [-0.05, 0) is 60.0 Å². The highest BCUT2D eigenvalue weighted by Gasteiger charge is 2.65. The van der Waals surface area contributed by atoms with Crippen molar-refractivity contribution in [3.8, 4) is 50.9 Å². The fourth-order valence-electron chi connectivity index (χ4n) is 9.19. The maximum Gasteiger partial charge on any atom is 0.160 e. The van der Waals surface area contributed by atoms with E-state index in [2.05, 4.69) is 139 Å². The smallest absolute Gasteiger partial charge is 0.160 e. The second-order valence-corrected chi connectivity index (χ2v) is 14.1. The summed E-state index contributed by atoms with van der Waals surface area (Å²) in [6.07, 6.45) is 18.6. The summed E-state index contributed by atoms with van der Waals surface area (Å²) in [5.74, 6) is 3.17. The number of allylic oxidation sites excluding steroid dienone is 8. The molecule has 0 radical (unpaired) electrons. The third kappa shape index (κ3) is 4.42. The van der Waals surface area contributed by atoms with Crippen molar-refractivity contribution >= 4 is 0 Å². The molecule has 0 saturated carbocycles. The highest BCUT2D eigenvalue weighted by molar-refractivity contribution is 5.76. The first-order valence-corrected chi connectivity index (χ1v) is 17.7. The van der Waals surface area contributed by atoms with E-state index in [4.69, 9.17) is 14.7 Å². The van der Waals surface area contributed by atoms with Gasteiger partial charge >= 0.3 is 0 Å². The Bertz CT molecular complexity index is 2440. The van der Waals surface area contributed by atoms with E-state index in [1.165, 1.54) is 16.7 Å². The number of hydrogen-bond acceptors (Lipinski definition) is 4. The van der Waals surface area contributed by atoms with Crippen LogP contribution in [0.1, 0.15) is 36.0 Å². The predicted octanol–water partition coefficient (Wildman–Crippen LogP) is 10.9. The molecular weight excluding hydrogens is 623 g/mol. The number of pyridine rings is 1. The lowest BCUT2D eigenvalue weighted by Gasteiger charge is -2.55. The Labute approximate surface area is 298 Å². The molecule has 4 aliphatic rings. The predicted molar refractivity (Wildman–Crippen MR) is 204 cm³/mol. The van der Waals surface area contributed by atoms with Crippen LogP contribution in [0, 0.1) is 11.3 Å². The summed E-state index contributed by atoms with van der Waals surface area (Å²) in [6.45, 7) is 2.41. The first kappa shape index (κ1) is 29.8. The van der Waals surface area contributed by atoms with Crippen LogP contribution in [0.3, 0.4) is 0 Å². The Balaban J connectivity index is 1.18. The molecule has 244 valence electrons. The van der Waals surface area contributed by atoms with Crippen LogP contribution in [0.5, 0.6) is 5.75 Å². The number of ether oxygens (including phenoxy) is 1. The van der Waals surface area contributed by atoms with Gasteiger partial charge in [0, 0.05) is 56.7 Å². The number of hydrogen-bond donors (Lipinski definition) is 0. The Morgan fingerprint density at radius 2 is 1.35 bits per heavy atom. The first-order valence-electron chi connectivity index (χ1n) is 17.7. The van der Waals surface area contributed by atoms with Gasteiger partial charge in [-0.25, -0.2) is 9.97 Å². The molecule has 4 heteroatoms. The molecule has 0 amide bonds. The molecule has 4 unspecified atom stereocenters. The first-order chi connectivity index (χ1) is 25.1. The molecule has 0 fully saturated rings. The third-order valence-electron chi connectivity index (χ3n) is 11.5. The average molecular weight is 658 g/mol. The lowest BCUT2D eigenvalue weighted by atomic mass is 9.49. The van der Waals surface area contributed by atoms with E-state index in [1.807, 2.05) is 42.6 Å². The Hall–Kier alpha value is -6.13. The SMILES string of the molecule is CC12CC=CC=C1Oc1ccc(-c3cc(-c4ccc(-c5ccccn5)cc4)nc(-c4ccccc4)n3)cc1C21c2ccccc2C2C=CC=CC21. The van der Waals surface area contributed by atoms with E-state index in [0.29, 0.717) is 5.82 Å². The summed E-state index contributed by atoms with van der Waals surface area (Å²) in [6, 6.07) is 42.6. The Kier molecular flexibility index (Phi) is 6.69. The normalized spacial score (nSPS) is 23.5. The Morgan fingerprint density at radius 3 is 2.18 bits per heavy atom. The minimum absolute atomic E-state index is 0.233. The summed E-state index contributed by atoms with van der Waals surface area (Å²) in [5.41, 5.74) is 10.2. The van der Waals surface area contributed by atoms with Crippen LogP contribution >= 0.6 is 0 Å². The molecule has 4 aromatic carbocycles. The summed E-state index contributed by atoms with van der Waals surface area (Å²) >= 11 is 0. The van der Waals surface area contributed by atoms with E-state index in [0.717, 1.165) is 57.3 Å². The Morgan fingerprint density at radius 1 is 0.627 bits per heavy atom. The maximum atomic E-state index is 6.87. The zero-order valence-electron chi connectivity index (χ0n) is 28.3. The topological polar surface area (TPSA) is 47.9 Å². The quantitative estimate of drug-likeness (QED) is 0.189. The van der Waals surface area contributed by atoms with E-state index in [9.17, 15) is 0 Å². The minimum atomic E-state index is -0.352. The molecule has 3 heterocycles. The van der Waals surface area contributed by atoms with Gasteiger partial charge in [-0.1, -0.05) is 128 Å². The maximum absolute atomic E-state index is 6.87. The summed E-state index contributed by atoms with van der Waals surface area (Å²) in [4.78, 5) is 14.9. The van der Waals surface area contributed by atoms with Crippen molar-refractivity contribution in [1.29, 1.82) is 0 Å². The van der Waals surface area contributed by atoms with E-state index < -0.39 is 0 Å². The molecule has 6 aromatic rings. The number of aromatic nitrogens is 3. The van der Waals surface area contributed by atoms with Crippen molar-refractivity contribution in [2.75, 3.05) is 0 Å². The third-order valence-corrected chi connectivity index (χ3v) is 11.5. The molecule has 1 aliphatic heterocycles. The van der Waals surface area contributed by atoms with Gasteiger partial charge in [0.1, 0.15) is 11.5 Å². The van der Waals surface area contributed by atoms with Crippen LogP contribution in [0.2, 0.25) is 0 Å². The second kappa shape index (κ2) is 11.5. The van der Waals surface area contributed by atoms with Crippen LogP contribution in [0.25, 0.3) is 45.2 Å². The van der Waals surface area contributed by atoms with Crippen LogP contribution in [-0.4, -0.2) is 15.0 Å². The molecule has 2 aromatic heterocycles. The average Bonchev–Trinajstić information content (AvgIpc) is 3.50. The van der Waals surface area contributed by atoms with Crippen LogP contribution in [-0.2, 0) is 5.41 Å². The van der Waals surface area contributed by atoms with Crippen molar-refractivity contribution in [3.05, 3.63) is 193 Å². The second-order valence-electron chi connectivity index (χ2n) is 14.1. The van der Waals surface area contributed by atoms with Gasteiger partial charge in [0.25, 0.3) is 0 Å². The summed E-state index contributed by atoms with van der Waals surface area (Å²) in [7, 11) is 0. The molecule has 10 rings (SSSR count). The van der Waals surface area contributed by atoms with Crippen molar-refractivity contribution < 1.29 is 4.74 Å². The van der Waals surface area contributed by atoms with Gasteiger partial charge in [0.15, 0.2) is 5.82 Å². The molecular formula is C47H35N3O. The number of benzene rings is 4. The number of rotatable bonds is 4. The highest BCUT2D eigenvalue weighted by Crippen LogP contribution is 2.70. The zero-order valence-corrected chi connectivity index (χ0v) is 28.3. The monoisotopic (exact) mass is 657 g/mol. The summed E-state index contributed by atoms with van der Waals surface area (Å²) < 4.78 is 6.87. The van der Waals surface area contributed by atoms with E-state index in [1.54, 1.807) is 0 Å². The minimum Gasteiger partial charge on any atom is -0.461 e. The molecule has 0 bridgehead atoms. The van der Waals surface area contributed by atoms with Gasteiger partial charge < -0.3 is 4.74 Å². The van der Waals surface area contributed by atoms with Crippen molar-refractivity contribution in [2.45, 2.75) is 24.7 Å². The molecule has 1 spiro atoms. The van der Waals surface area contributed by atoms with Crippen molar-refractivity contribution in [1.82, 2.24) is 15.0 Å². The van der Waals surface area contributed by atoms with Crippen LogP contribution in [0.15, 0.2) is 176 Å². The van der Waals surface area contributed by atoms with Crippen molar-refractivity contribution in [2.24, 2.45) is 11.3 Å². The van der Waals surface area contributed by atoms with Crippen LogP contribution < -0.4 is 4.74 Å². The fourth-order valence-corrected chi connectivity index (χ4v) is 9.19. The van der Waals surface area contributed by atoms with Crippen molar-refractivity contribution in [3.63, 3.8) is 0 Å². The highest BCUT2D eigenvalue weighted by atomic mass is 16.5. The molecule has 4 atom stereocenters.